The summed E-state index contributed by atoms with van der Waals surface area (Å²) < 4.78 is 13.3. The number of ether oxygens (including phenoxy) is 2. The van der Waals surface area contributed by atoms with Crippen LogP contribution in [0.1, 0.15) is 0 Å². The van der Waals surface area contributed by atoms with Gasteiger partial charge in [0, 0.05) is 9.79 Å². The fourth-order valence-corrected chi connectivity index (χ4v) is 7.06. The molecule has 0 unspecified atom stereocenters. The summed E-state index contributed by atoms with van der Waals surface area (Å²) in [5.74, 6) is 1.88. The van der Waals surface area contributed by atoms with E-state index in [9.17, 15) is 0 Å². The molecule has 2 nitrogen and oxygen atoms in total. The molecule has 1 aliphatic rings. The van der Waals surface area contributed by atoms with Crippen molar-refractivity contribution in [2.45, 2.75) is 9.79 Å². The summed E-state index contributed by atoms with van der Waals surface area (Å²) in [4.78, 5) is 2.87. The molecule has 0 saturated heterocycles. The van der Waals surface area contributed by atoms with E-state index in [1.54, 1.807) is 14.2 Å². The van der Waals surface area contributed by atoms with Crippen molar-refractivity contribution in [3.05, 3.63) is 31.4 Å². The summed E-state index contributed by atoms with van der Waals surface area (Å²) in [6, 6.07) is 8.90. The predicted octanol–water partition coefficient (Wildman–Crippen LogP) is 5.38. The van der Waals surface area contributed by atoms with Crippen LogP contribution in [0.4, 0.5) is 0 Å². The van der Waals surface area contributed by atoms with Gasteiger partial charge in [0.15, 0.2) is 0 Å². The molecule has 0 fully saturated rings. The van der Waals surface area contributed by atoms with E-state index < -0.39 is 10.0 Å². The third kappa shape index (κ3) is 2.35. The molecule has 2 aromatic carbocycles. The van der Waals surface area contributed by atoms with Crippen LogP contribution in [0.15, 0.2) is 34.1 Å². The first-order valence-corrected chi connectivity index (χ1v) is 11.0. The number of fused-ring (bicyclic) bond motifs is 3. The Balaban J connectivity index is 2.34. The Labute approximate surface area is 154 Å². The van der Waals surface area contributed by atoms with Crippen molar-refractivity contribution in [1.29, 1.82) is 0 Å². The van der Waals surface area contributed by atoms with Crippen LogP contribution in [0.5, 0.6) is 11.5 Å². The van der Waals surface area contributed by atoms with Crippen molar-refractivity contribution in [3.8, 4) is 22.6 Å². The highest BCUT2D eigenvalue weighted by molar-refractivity contribution is 14.1. The van der Waals surface area contributed by atoms with Gasteiger partial charge < -0.3 is 9.47 Å². The van der Waals surface area contributed by atoms with Crippen LogP contribution in [-0.4, -0.2) is 26.7 Å². The largest absolute Gasteiger partial charge is 0.496 e. The molecule has 0 aromatic heterocycles. The van der Waals surface area contributed by atoms with Crippen molar-refractivity contribution >= 4 is 55.2 Å². The number of halogens is 2. The molecule has 0 radical (unpaired) electrons. The number of benzene rings is 2. The molecule has 112 valence electrons. The lowest BCUT2D eigenvalue weighted by molar-refractivity contribution is 0.411. The topological polar surface area (TPSA) is 18.5 Å². The number of rotatable bonds is 2. The number of hydrogen-bond donors (Lipinski definition) is 0. The zero-order valence-corrected chi connectivity index (χ0v) is 17.4. The van der Waals surface area contributed by atoms with Crippen LogP contribution < -0.4 is 9.47 Å². The molecular weight excluding hydrogens is 510 g/mol. The normalized spacial score (nSPS) is 16.1. The first-order valence-electron chi connectivity index (χ1n) is 6.39. The second-order valence-corrected chi connectivity index (χ2v) is 11.2. The lowest BCUT2D eigenvalue weighted by Gasteiger charge is -2.28. The standard InChI is InChI=1S/C16H16I2O2S/c1-19-13-5-9-10-6-14(20-2)12(18)8-16(10)21(3,4)15(9)7-11(13)17/h5-8H,1-4H3. The fraction of sp³-hybridized carbons (Fsp3) is 0.250. The van der Waals surface area contributed by atoms with Gasteiger partial charge in [0.25, 0.3) is 0 Å². The highest BCUT2D eigenvalue weighted by atomic mass is 127. The van der Waals surface area contributed by atoms with E-state index in [4.69, 9.17) is 9.47 Å². The maximum Gasteiger partial charge on any atom is 0.132 e. The van der Waals surface area contributed by atoms with Crippen LogP contribution in [0.3, 0.4) is 0 Å². The van der Waals surface area contributed by atoms with Gasteiger partial charge in [0.2, 0.25) is 0 Å². The Morgan fingerprint density at radius 3 is 1.48 bits per heavy atom. The molecule has 0 spiro atoms. The zero-order valence-electron chi connectivity index (χ0n) is 12.3. The van der Waals surface area contributed by atoms with Gasteiger partial charge in [0.1, 0.15) is 11.5 Å². The highest BCUT2D eigenvalue weighted by Crippen LogP contribution is 2.68. The first kappa shape index (κ1) is 15.7. The van der Waals surface area contributed by atoms with Gasteiger partial charge >= 0.3 is 0 Å². The van der Waals surface area contributed by atoms with Crippen LogP contribution >= 0.6 is 55.2 Å². The summed E-state index contributed by atoms with van der Waals surface area (Å²) in [7, 11) is 2.48. The lowest BCUT2D eigenvalue weighted by Crippen LogP contribution is -1.95. The SMILES string of the molecule is COc1cc2c(cc1I)S(C)(C)c1cc(I)c(OC)cc1-2. The molecule has 0 saturated carbocycles. The smallest absolute Gasteiger partial charge is 0.132 e. The third-order valence-corrected chi connectivity index (χ3v) is 8.46. The summed E-state index contributed by atoms with van der Waals surface area (Å²) in [6.45, 7) is 0. The van der Waals surface area contributed by atoms with Gasteiger partial charge in [-0.15, -0.1) is 0 Å². The van der Waals surface area contributed by atoms with Gasteiger partial charge in [-0.25, -0.2) is 0 Å². The third-order valence-electron chi connectivity index (χ3n) is 3.90. The Kier molecular flexibility index (Phi) is 4.11. The van der Waals surface area contributed by atoms with E-state index in [1.807, 2.05) is 0 Å². The quantitative estimate of drug-likeness (QED) is 0.490. The minimum Gasteiger partial charge on any atom is -0.496 e. The van der Waals surface area contributed by atoms with Crippen molar-refractivity contribution in [2.24, 2.45) is 0 Å². The Morgan fingerprint density at radius 2 is 1.14 bits per heavy atom. The van der Waals surface area contributed by atoms with Crippen molar-refractivity contribution < 1.29 is 9.47 Å². The maximum absolute atomic E-state index is 5.50. The van der Waals surface area contributed by atoms with E-state index in [2.05, 4.69) is 82.0 Å². The lowest BCUT2D eigenvalue weighted by atomic mass is 10.1. The Bertz CT molecular complexity index is 680. The Hall–Kier alpha value is -0.150. The van der Waals surface area contributed by atoms with Gasteiger partial charge in [0.05, 0.1) is 21.4 Å². The first-order chi connectivity index (χ1) is 9.90. The average molecular weight is 526 g/mol. The molecule has 5 heteroatoms. The van der Waals surface area contributed by atoms with Crippen molar-refractivity contribution in [1.82, 2.24) is 0 Å². The summed E-state index contributed by atoms with van der Waals surface area (Å²) >= 11 is 4.71. The second kappa shape index (κ2) is 5.49. The minimum atomic E-state index is -0.981. The molecule has 0 amide bonds. The minimum absolute atomic E-state index is 0.940. The van der Waals surface area contributed by atoms with Gasteiger partial charge in [-0.2, -0.15) is 10.0 Å². The average Bonchev–Trinajstić information content (AvgIpc) is 2.65. The van der Waals surface area contributed by atoms with Gasteiger partial charge in [-0.1, -0.05) is 0 Å². The molecule has 0 aliphatic carbocycles. The highest BCUT2D eigenvalue weighted by Gasteiger charge is 2.33. The molecule has 0 N–H and O–H groups in total. The van der Waals surface area contributed by atoms with Gasteiger partial charge in [-0.3, -0.25) is 0 Å². The number of methoxy groups -OCH3 is 2. The van der Waals surface area contributed by atoms with Crippen LogP contribution in [0.2, 0.25) is 0 Å². The summed E-state index contributed by atoms with van der Waals surface area (Å²) in [5.41, 5.74) is 2.58. The molecule has 0 bridgehead atoms. The van der Waals surface area contributed by atoms with E-state index in [-0.39, 0.29) is 0 Å². The summed E-state index contributed by atoms with van der Waals surface area (Å²) in [6.07, 6.45) is 4.73. The molecule has 3 rings (SSSR count). The summed E-state index contributed by atoms with van der Waals surface area (Å²) in [5, 5.41) is 0. The molecular formula is C16H16I2O2S. The monoisotopic (exact) mass is 526 g/mol. The molecule has 2 aromatic rings. The zero-order chi connectivity index (χ0) is 15.4. The Morgan fingerprint density at radius 1 is 0.762 bits per heavy atom. The second-order valence-electron chi connectivity index (χ2n) is 5.29. The van der Waals surface area contributed by atoms with E-state index >= 15 is 0 Å². The fourth-order valence-electron chi connectivity index (χ4n) is 2.77. The van der Waals surface area contributed by atoms with E-state index in [1.165, 1.54) is 28.1 Å². The predicted molar refractivity (Wildman–Crippen MR) is 106 cm³/mol. The number of hydrogen-bond acceptors (Lipinski definition) is 2. The van der Waals surface area contributed by atoms with E-state index in [0.717, 1.165) is 11.5 Å². The molecule has 21 heavy (non-hydrogen) atoms. The molecule has 0 atom stereocenters. The van der Waals surface area contributed by atoms with Crippen molar-refractivity contribution in [2.75, 3.05) is 26.7 Å². The van der Waals surface area contributed by atoms with E-state index in [0.29, 0.717) is 0 Å². The van der Waals surface area contributed by atoms with Gasteiger partial charge in [-0.05, 0) is 93.1 Å². The van der Waals surface area contributed by atoms with Crippen molar-refractivity contribution in [3.63, 3.8) is 0 Å². The van der Waals surface area contributed by atoms with Crippen LogP contribution in [-0.2, 0) is 0 Å². The van der Waals surface area contributed by atoms with Crippen LogP contribution in [0, 0.1) is 7.14 Å². The molecule has 1 aliphatic heterocycles. The molecule has 1 heterocycles. The van der Waals surface area contributed by atoms with Crippen LogP contribution in [0.25, 0.3) is 11.1 Å². The maximum atomic E-state index is 5.50.